The average molecular weight is 424 g/mol. The number of carbonyl (C=O) groups excluding carboxylic acids is 2. The van der Waals surface area contributed by atoms with Crippen molar-refractivity contribution in [2.45, 2.75) is 49.6 Å². The molecule has 0 spiro atoms. The first-order valence-corrected chi connectivity index (χ1v) is 11.7. The highest BCUT2D eigenvalue weighted by atomic mass is 32.2. The summed E-state index contributed by atoms with van der Waals surface area (Å²) in [7, 11) is -3.43. The van der Waals surface area contributed by atoms with Gasteiger partial charge < -0.3 is 15.0 Å². The minimum atomic E-state index is -3.43. The molecular formula is C18H21N3O5S2. The van der Waals surface area contributed by atoms with E-state index in [-0.39, 0.29) is 17.7 Å². The predicted molar refractivity (Wildman–Crippen MR) is 106 cm³/mol. The van der Waals surface area contributed by atoms with Crippen molar-refractivity contribution in [3.63, 3.8) is 0 Å². The van der Waals surface area contributed by atoms with Crippen molar-refractivity contribution in [3.05, 3.63) is 23.8 Å². The quantitative estimate of drug-likeness (QED) is 0.738. The monoisotopic (exact) mass is 423 g/mol. The Morgan fingerprint density at radius 2 is 2.07 bits per heavy atom. The van der Waals surface area contributed by atoms with E-state index in [1.165, 1.54) is 11.8 Å². The number of fused-ring (bicyclic) bond motifs is 3. The second-order valence-electron chi connectivity index (χ2n) is 7.13. The van der Waals surface area contributed by atoms with Gasteiger partial charge >= 0.3 is 5.97 Å². The van der Waals surface area contributed by atoms with Crippen LogP contribution in [-0.4, -0.2) is 49.9 Å². The van der Waals surface area contributed by atoms with E-state index in [0.717, 1.165) is 36.3 Å². The van der Waals surface area contributed by atoms with E-state index in [0.29, 0.717) is 17.3 Å². The molecule has 150 valence electrons. The van der Waals surface area contributed by atoms with Gasteiger partial charge in [0.2, 0.25) is 0 Å². The first-order valence-electron chi connectivity index (χ1n) is 9.26. The van der Waals surface area contributed by atoms with Crippen molar-refractivity contribution in [1.82, 2.24) is 5.32 Å². The lowest BCUT2D eigenvalue weighted by molar-refractivity contribution is -0.129. The number of hydrogen-bond donors (Lipinski definition) is 1. The van der Waals surface area contributed by atoms with Crippen LogP contribution in [0.2, 0.25) is 0 Å². The zero-order valence-electron chi connectivity index (χ0n) is 15.4. The van der Waals surface area contributed by atoms with Crippen molar-refractivity contribution >= 4 is 44.5 Å². The summed E-state index contributed by atoms with van der Waals surface area (Å²) in [4.78, 5) is 27.2. The Morgan fingerprint density at radius 1 is 1.32 bits per heavy atom. The fourth-order valence-electron chi connectivity index (χ4n) is 3.53. The van der Waals surface area contributed by atoms with E-state index in [2.05, 4.69) is 9.71 Å². The molecule has 3 aliphatic rings. The Hall–Kier alpha value is -2.07. The van der Waals surface area contributed by atoms with E-state index in [4.69, 9.17) is 4.74 Å². The van der Waals surface area contributed by atoms with Gasteiger partial charge in [0.05, 0.1) is 17.0 Å². The maximum Gasteiger partial charge on any atom is 0.338 e. The van der Waals surface area contributed by atoms with E-state index in [1.54, 1.807) is 25.1 Å². The van der Waals surface area contributed by atoms with Gasteiger partial charge in [0.1, 0.15) is 0 Å². The molecule has 2 aliphatic heterocycles. The maximum absolute atomic E-state index is 12.5. The van der Waals surface area contributed by atoms with Gasteiger partial charge in [-0.05, 0) is 49.7 Å². The lowest BCUT2D eigenvalue weighted by atomic mass is 10.2. The lowest BCUT2D eigenvalue weighted by Gasteiger charge is -2.22. The van der Waals surface area contributed by atoms with Crippen LogP contribution in [0.3, 0.4) is 0 Å². The molecule has 0 radical (unpaired) electrons. The predicted octanol–water partition coefficient (Wildman–Crippen LogP) is 1.90. The maximum atomic E-state index is 12.5. The Labute approximate surface area is 167 Å². The first-order chi connectivity index (χ1) is 13.3. The number of benzene rings is 1. The number of sulfonamides is 1. The van der Waals surface area contributed by atoms with Crippen LogP contribution in [0.25, 0.3) is 0 Å². The van der Waals surface area contributed by atoms with Gasteiger partial charge in [0.25, 0.3) is 15.9 Å². The molecule has 0 saturated heterocycles. The number of ether oxygens (including phenoxy) is 1. The van der Waals surface area contributed by atoms with E-state index in [1.807, 2.05) is 4.90 Å². The molecule has 1 N–H and O–H groups in total. The molecule has 1 fully saturated rings. The fraction of sp³-hybridized carbons (Fsp3) is 0.500. The number of thioether (sulfide) groups is 1. The Morgan fingerprint density at radius 3 is 2.82 bits per heavy atom. The van der Waals surface area contributed by atoms with Crippen molar-refractivity contribution in [3.8, 4) is 0 Å². The number of rotatable bonds is 4. The molecule has 1 atom stereocenters. The number of carbonyl (C=O) groups is 2. The number of hydrogen-bond acceptors (Lipinski definition) is 7. The first kappa shape index (κ1) is 19.3. The molecule has 4 rings (SSSR count). The zero-order chi connectivity index (χ0) is 19.9. The molecule has 2 heterocycles. The number of amidine groups is 1. The largest absolute Gasteiger partial charge is 0.449 e. The standard InChI is InChI=1S/C18H21N3O5S2/c1-11(16(22)19-13-4-2-3-5-13)26-17(23)12-6-7-14-15(10-12)27-18-20-28(24,25)9-8-21(14)18/h6-7,10-11,13H,2-5,8-9H2,1H3,(H,19,22)/t11-/m1/s1. The zero-order valence-corrected chi connectivity index (χ0v) is 17.0. The number of nitrogens with one attached hydrogen (secondary N) is 1. The molecule has 1 aromatic rings. The van der Waals surface area contributed by atoms with Gasteiger partial charge in [-0.1, -0.05) is 12.8 Å². The van der Waals surface area contributed by atoms with Crippen LogP contribution in [-0.2, 0) is 19.6 Å². The summed E-state index contributed by atoms with van der Waals surface area (Å²) in [5.74, 6) is -0.905. The summed E-state index contributed by atoms with van der Waals surface area (Å²) >= 11 is 1.21. The lowest BCUT2D eigenvalue weighted by Crippen LogP contribution is -2.40. The summed E-state index contributed by atoms with van der Waals surface area (Å²) < 4.78 is 32.5. The molecule has 0 bridgehead atoms. The van der Waals surface area contributed by atoms with Crippen LogP contribution in [0.15, 0.2) is 27.5 Å². The highest BCUT2D eigenvalue weighted by molar-refractivity contribution is 8.15. The minimum Gasteiger partial charge on any atom is -0.449 e. The van der Waals surface area contributed by atoms with Crippen molar-refractivity contribution in [2.24, 2.45) is 4.40 Å². The summed E-state index contributed by atoms with van der Waals surface area (Å²) in [6, 6.07) is 5.19. The molecule has 1 saturated carbocycles. The number of nitrogens with zero attached hydrogens (tertiary/aromatic N) is 2. The van der Waals surface area contributed by atoms with Gasteiger partial charge in [-0.25, -0.2) is 13.2 Å². The van der Waals surface area contributed by atoms with E-state index in [9.17, 15) is 18.0 Å². The van der Waals surface area contributed by atoms with Gasteiger partial charge in [-0.3, -0.25) is 4.79 Å². The highest BCUT2D eigenvalue weighted by Crippen LogP contribution is 2.42. The Balaban J connectivity index is 1.43. The molecule has 8 nitrogen and oxygen atoms in total. The summed E-state index contributed by atoms with van der Waals surface area (Å²) in [6.07, 6.45) is 3.26. The molecule has 1 aromatic carbocycles. The second kappa shape index (κ2) is 7.40. The van der Waals surface area contributed by atoms with Crippen LogP contribution >= 0.6 is 11.8 Å². The molecule has 10 heteroatoms. The number of anilines is 1. The topological polar surface area (TPSA) is 105 Å². The van der Waals surface area contributed by atoms with Gasteiger partial charge in [0, 0.05) is 17.5 Å². The molecule has 0 aromatic heterocycles. The fourth-order valence-corrected chi connectivity index (χ4v) is 5.82. The van der Waals surface area contributed by atoms with Crippen LogP contribution in [0.1, 0.15) is 43.0 Å². The van der Waals surface area contributed by atoms with Crippen LogP contribution in [0.5, 0.6) is 0 Å². The van der Waals surface area contributed by atoms with Crippen molar-refractivity contribution < 1.29 is 22.7 Å². The number of amides is 1. The third kappa shape index (κ3) is 3.88. The molecule has 1 amide bonds. The third-order valence-electron chi connectivity index (χ3n) is 5.06. The van der Waals surface area contributed by atoms with Gasteiger partial charge in [-0.15, -0.1) is 4.40 Å². The Kier molecular flexibility index (Phi) is 5.09. The van der Waals surface area contributed by atoms with Crippen LogP contribution in [0.4, 0.5) is 5.69 Å². The molecule has 28 heavy (non-hydrogen) atoms. The van der Waals surface area contributed by atoms with Crippen molar-refractivity contribution in [2.75, 3.05) is 17.2 Å². The van der Waals surface area contributed by atoms with Crippen molar-refractivity contribution in [1.29, 1.82) is 0 Å². The number of esters is 1. The second-order valence-corrected chi connectivity index (χ2v) is 9.90. The smallest absolute Gasteiger partial charge is 0.338 e. The minimum absolute atomic E-state index is 0.0338. The molecule has 1 aliphatic carbocycles. The highest BCUT2D eigenvalue weighted by Gasteiger charge is 2.34. The third-order valence-corrected chi connectivity index (χ3v) is 7.37. The summed E-state index contributed by atoms with van der Waals surface area (Å²) in [5, 5.41) is 3.32. The van der Waals surface area contributed by atoms with E-state index >= 15 is 0 Å². The van der Waals surface area contributed by atoms with Gasteiger partial charge in [0.15, 0.2) is 11.3 Å². The van der Waals surface area contributed by atoms with Gasteiger partial charge in [-0.2, -0.15) is 0 Å². The summed E-state index contributed by atoms with van der Waals surface area (Å²) in [6.45, 7) is 1.90. The van der Waals surface area contributed by atoms with Crippen LogP contribution < -0.4 is 10.2 Å². The molecule has 0 unspecified atom stereocenters. The molecular weight excluding hydrogens is 402 g/mol. The van der Waals surface area contributed by atoms with E-state index < -0.39 is 22.1 Å². The average Bonchev–Trinajstić information content (AvgIpc) is 3.26. The van der Waals surface area contributed by atoms with Crippen LogP contribution in [0, 0.1) is 0 Å². The Bertz CT molecular complexity index is 954. The normalized spacial score (nSPS) is 21.5. The summed E-state index contributed by atoms with van der Waals surface area (Å²) in [5.41, 5.74) is 1.14. The SMILES string of the molecule is C[C@@H](OC(=O)c1ccc2c(c1)SC1=NS(=O)(=O)CCN12)C(=O)NC1CCCC1.